The fraction of sp³-hybridized carbons (Fsp3) is 0.316. The van der Waals surface area contributed by atoms with Gasteiger partial charge in [-0.05, 0) is 84.6 Å². The number of carbonyl (C=O) groups excluding carboxylic acids is 2. The van der Waals surface area contributed by atoms with Crippen molar-refractivity contribution in [3.63, 3.8) is 0 Å². The summed E-state index contributed by atoms with van der Waals surface area (Å²) in [4.78, 5) is 49.8. The highest BCUT2D eigenvalue weighted by Gasteiger charge is 2.56. The highest BCUT2D eigenvalue weighted by atomic mass is 35.5. The lowest BCUT2D eigenvalue weighted by molar-refractivity contribution is -0.489. The minimum atomic E-state index is -2.08. The summed E-state index contributed by atoms with van der Waals surface area (Å²) in [5.41, 5.74) is -0.326. The van der Waals surface area contributed by atoms with E-state index in [0.717, 1.165) is 0 Å². The molecule has 10 nitrogen and oxygen atoms in total. The van der Waals surface area contributed by atoms with Crippen molar-refractivity contribution in [2.75, 3.05) is 13.2 Å². The van der Waals surface area contributed by atoms with E-state index in [1.807, 2.05) is 0 Å². The zero-order valence-electron chi connectivity index (χ0n) is 27.9. The predicted octanol–water partition coefficient (Wildman–Crippen LogP) is 7.93. The highest BCUT2D eigenvalue weighted by molar-refractivity contribution is 6.31. The van der Waals surface area contributed by atoms with Crippen LogP contribution in [0, 0.1) is 11.8 Å². The molecule has 2 fully saturated rings. The lowest BCUT2D eigenvalue weighted by atomic mass is 9.76. The Bertz CT molecular complexity index is 1650. The number of hydrogen-bond acceptors (Lipinski definition) is 10. The molecule has 274 valence electrons. The van der Waals surface area contributed by atoms with Gasteiger partial charge in [-0.1, -0.05) is 94.9 Å². The Morgan fingerprint density at radius 3 is 1.04 bits per heavy atom. The number of rotatable bonds is 9. The topological polar surface area (TPSA) is 130 Å². The monoisotopic (exact) mass is 790 g/mol. The molecule has 2 aliphatic heterocycles. The molecule has 0 spiro atoms. The van der Waals surface area contributed by atoms with Crippen LogP contribution in [0.2, 0.25) is 20.1 Å². The van der Waals surface area contributed by atoms with Crippen LogP contribution in [0.5, 0.6) is 0 Å². The van der Waals surface area contributed by atoms with E-state index in [4.69, 9.17) is 75.4 Å². The first-order chi connectivity index (χ1) is 24.6. The number of aliphatic hydroxyl groups is 2. The summed E-state index contributed by atoms with van der Waals surface area (Å²) in [6.07, 6.45) is -0.191. The first-order valence-corrected chi connectivity index (χ1v) is 17.7. The van der Waals surface area contributed by atoms with Gasteiger partial charge >= 0.3 is 11.9 Å². The molecule has 4 atom stereocenters. The number of hydrogen-bond donors (Lipinski definition) is 2. The van der Waals surface area contributed by atoms with E-state index in [1.54, 1.807) is 97.1 Å². The third-order valence-electron chi connectivity index (χ3n) is 9.36. The zero-order valence-corrected chi connectivity index (χ0v) is 30.9. The van der Waals surface area contributed by atoms with Gasteiger partial charge in [0.05, 0.1) is 0 Å². The van der Waals surface area contributed by atoms with Crippen LogP contribution in [0.25, 0.3) is 0 Å². The van der Waals surface area contributed by atoms with Crippen LogP contribution in [0.4, 0.5) is 0 Å². The van der Waals surface area contributed by atoms with Crippen LogP contribution in [0.15, 0.2) is 97.1 Å². The molecule has 2 aliphatic rings. The molecular formula is C38H34Cl4O10. The largest absolute Gasteiger partial charge is 0.462 e. The van der Waals surface area contributed by atoms with E-state index in [2.05, 4.69) is 0 Å². The number of carbonyl (C=O) groups is 2. The average molecular weight is 792 g/mol. The average Bonchev–Trinajstić information content (AvgIpc) is 3.12. The van der Waals surface area contributed by atoms with Gasteiger partial charge in [0.25, 0.3) is 0 Å². The molecule has 4 aromatic carbocycles. The van der Waals surface area contributed by atoms with Gasteiger partial charge in [0.15, 0.2) is 11.2 Å². The second kappa shape index (κ2) is 15.2. The maximum absolute atomic E-state index is 13.6. The maximum atomic E-state index is 13.6. The SMILES string of the molecule is CC1(O)OOC(c2ccc(Cl)cc2)(c2ccc(Cl)cc2)CC1C(=O)OCCOC(=O)C1CC(c2ccc(Cl)cc2)(c2ccc(Cl)cc2)OOC1(C)O. The summed E-state index contributed by atoms with van der Waals surface area (Å²) in [5, 5.41) is 24.2. The maximum Gasteiger partial charge on any atom is 0.314 e. The summed E-state index contributed by atoms with van der Waals surface area (Å²) in [5.74, 6) is -8.34. The van der Waals surface area contributed by atoms with Gasteiger partial charge in [-0.15, -0.1) is 0 Å². The Labute approximate surface area is 319 Å². The molecule has 4 unspecified atom stereocenters. The van der Waals surface area contributed by atoms with Crippen LogP contribution in [0.3, 0.4) is 0 Å². The van der Waals surface area contributed by atoms with Crippen molar-refractivity contribution >= 4 is 58.3 Å². The van der Waals surface area contributed by atoms with Gasteiger partial charge in [0.1, 0.15) is 25.0 Å². The molecule has 2 heterocycles. The summed E-state index contributed by atoms with van der Waals surface area (Å²) in [6.45, 7) is 1.82. The van der Waals surface area contributed by atoms with Crippen molar-refractivity contribution in [3.8, 4) is 0 Å². The molecule has 6 rings (SSSR count). The van der Waals surface area contributed by atoms with Crippen molar-refractivity contribution in [2.24, 2.45) is 11.8 Å². The minimum Gasteiger partial charge on any atom is -0.462 e. The smallest absolute Gasteiger partial charge is 0.314 e. The van der Waals surface area contributed by atoms with E-state index < -0.39 is 46.6 Å². The van der Waals surface area contributed by atoms with Crippen LogP contribution >= 0.6 is 46.4 Å². The van der Waals surface area contributed by atoms with Gasteiger partial charge in [-0.3, -0.25) is 9.59 Å². The molecule has 0 radical (unpaired) electrons. The molecule has 0 saturated carbocycles. The third kappa shape index (κ3) is 7.83. The fourth-order valence-electron chi connectivity index (χ4n) is 6.41. The molecule has 0 aliphatic carbocycles. The van der Waals surface area contributed by atoms with E-state index in [9.17, 15) is 19.8 Å². The van der Waals surface area contributed by atoms with Gasteiger partial charge in [-0.25, -0.2) is 9.78 Å². The Morgan fingerprint density at radius 1 is 0.538 bits per heavy atom. The Morgan fingerprint density at radius 2 is 0.788 bits per heavy atom. The molecule has 14 heteroatoms. The summed E-state index contributed by atoms with van der Waals surface area (Å²) < 4.78 is 11.0. The summed E-state index contributed by atoms with van der Waals surface area (Å²) >= 11 is 24.6. The van der Waals surface area contributed by atoms with Crippen molar-refractivity contribution in [1.82, 2.24) is 0 Å². The quantitative estimate of drug-likeness (QED) is 0.0980. The first kappa shape index (κ1) is 38.5. The zero-order chi connectivity index (χ0) is 37.3. The van der Waals surface area contributed by atoms with Crippen LogP contribution in [0.1, 0.15) is 48.9 Å². The number of esters is 2. The van der Waals surface area contributed by atoms with Gasteiger partial charge < -0.3 is 19.7 Å². The highest BCUT2D eigenvalue weighted by Crippen LogP contribution is 2.49. The van der Waals surface area contributed by atoms with E-state index in [-0.39, 0.29) is 26.1 Å². The van der Waals surface area contributed by atoms with Crippen LogP contribution < -0.4 is 0 Å². The van der Waals surface area contributed by atoms with Crippen molar-refractivity contribution < 1.29 is 48.8 Å². The number of ether oxygens (including phenoxy) is 2. The molecule has 4 aromatic rings. The molecule has 0 amide bonds. The third-order valence-corrected chi connectivity index (χ3v) is 10.4. The standard InChI is InChI=1S/C38H34Cl4O10/c1-35(45)31(21-37(51-49-35,23-3-11-27(39)12-4-23)24-5-13-28(40)14-6-24)33(43)47-19-20-48-34(44)32-22-38(52-50-36(32,2)46,25-7-15-29(41)16-8-25)26-9-17-30(42)18-10-26/h3-18,31-32,45-46H,19-22H2,1-2H3. The van der Waals surface area contributed by atoms with Crippen LogP contribution in [-0.2, 0) is 49.8 Å². The number of benzene rings is 4. The van der Waals surface area contributed by atoms with Crippen LogP contribution in [-0.4, -0.2) is 46.9 Å². The predicted molar refractivity (Wildman–Crippen MR) is 191 cm³/mol. The Kier molecular flexibility index (Phi) is 11.3. The van der Waals surface area contributed by atoms with E-state index in [1.165, 1.54) is 13.8 Å². The Balaban J connectivity index is 1.16. The molecular weight excluding hydrogens is 758 g/mol. The van der Waals surface area contributed by atoms with E-state index >= 15 is 0 Å². The lowest BCUT2D eigenvalue weighted by Gasteiger charge is -2.45. The van der Waals surface area contributed by atoms with Gasteiger partial charge in [0.2, 0.25) is 11.6 Å². The summed E-state index contributed by atoms with van der Waals surface area (Å²) in [7, 11) is 0. The van der Waals surface area contributed by atoms with Gasteiger partial charge in [-0.2, -0.15) is 9.78 Å². The Hall–Kier alpha value is -3.26. The molecule has 52 heavy (non-hydrogen) atoms. The molecule has 0 aromatic heterocycles. The second-order valence-corrected chi connectivity index (χ2v) is 14.7. The lowest BCUT2D eigenvalue weighted by Crippen LogP contribution is -2.54. The van der Waals surface area contributed by atoms with Crippen molar-refractivity contribution in [3.05, 3.63) is 139 Å². The van der Waals surface area contributed by atoms with Crippen molar-refractivity contribution in [2.45, 2.75) is 49.5 Å². The van der Waals surface area contributed by atoms with E-state index in [0.29, 0.717) is 42.3 Å². The van der Waals surface area contributed by atoms with Gasteiger partial charge in [0, 0.05) is 32.9 Å². The molecule has 2 saturated heterocycles. The van der Waals surface area contributed by atoms with Crippen molar-refractivity contribution in [1.29, 1.82) is 0 Å². The second-order valence-electron chi connectivity index (χ2n) is 13.0. The minimum absolute atomic E-state index is 0.0956. The molecule has 2 N–H and O–H groups in total. The molecule has 0 bridgehead atoms. The summed E-state index contributed by atoms with van der Waals surface area (Å²) in [6, 6.07) is 27.2. The fourth-order valence-corrected chi connectivity index (χ4v) is 6.92. The normalized spacial score (nSPS) is 25.2. The first-order valence-electron chi connectivity index (χ1n) is 16.2. The number of halogens is 4.